The lowest BCUT2D eigenvalue weighted by Crippen LogP contribution is -2.62. The summed E-state index contributed by atoms with van der Waals surface area (Å²) in [5, 5.41) is 3.55. The minimum absolute atomic E-state index is 0.393. The Kier molecular flexibility index (Phi) is 3.23. The third-order valence-corrected chi connectivity index (χ3v) is 5.85. The highest BCUT2D eigenvalue weighted by molar-refractivity contribution is 5.74. The second kappa shape index (κ2) is 5.45. The van der Waals surface area contributed by atoms with Crippen LogP contribution in [0.25, 0.3) is 11.3 Å². The van der Waals surface area contributed by atoms with Gasteiger partial charge in [-0.15, -0.1) is 0 Å². The molecule has 0 spiro atoms. The van der Waals surface area contributed by atoms with Gasteiger partial charge in [0.2, 0.25) is 5.95 Å². The van der Waals surface area contributed by atoms with E-state index in [9.17, 15) is 0 Å². The van der Waals surface area contributed by atoms with Crippen molar-refractivity contribution in [1.82, 2.24) is 15.3 Å². The van der Waals surface area contributed by atoms with Crippen LogP contribution in [-0.4, -0.2) is 35.6 Å². The highest BCUT2D eigenvalue weighted by Gasteiger charge is 2.37. The lowest BCUT2D eigenvalue weighted by Gasteiger charge is -2.47. The number of nitrogen functional groups attached to an aromatic ring is 1. The van der Waals surface area contributed by atoms with Gasteiger partial charge >= 0.3 is 0 Å². The number of fused-ring (bicyclic) bond motifs is 4. The van der Waals surface area contributed by atoms with Crippen LogP contribution >= 0.6 is 0 Å². The van der Waals surface area contributed by atoms with Crippen molar-refractivity contribution >= 4 is 11.8 Å². The standard InChI is InChI=1S/C19H23N5/c20-19-22-17-14-6-2-1-4-12(14)5-3-7-15(17)18(23-19)24-9-8-13-10-21-16(13)11-24/h1-2,4,6,13,16,21H,3,5,7-11H2,(H2,20,22,23). The lowest BCUT2D eigenvalue weighted by atomic mass is 9.85. The highest BCUT2D eigenvalue weighted by atomic mass is 15.3. The first-order valence-corrected chi connectivity index (χ1v) is 9.02. The molecule has 2 fully saturated rings. The Hall–Kier alpha value is -2.14. The smallest absolute Gasteiger partial charge is 0.222 e. The first kappa shape index (κ1) is 14.2. The fraction of sp³-hybridized carbons (Fsp3) is 0.474. The van der Waals surface area contributed by atoms with Crippen LogP contribution in [0.3, 0.4) is 0 Å². The van der Waals surface area contributed by atoms with E-state index < -0.39 is 0 Å². The summed E-state index contributed by atoms with van der Waals surface area (Å²) in [6.07, 6.45) is 4.51. The first-order valence-electron chi connectivity index (χ1n) is 9.02. The molecule has 2 atom stereocenters. The zero-order valence-corrected chi connectivity index (χ0v) is 13.8. The first-order chi connectivity index (χ1) is 11.8. The van der Waals surface area contributed by atoms with Crippen molar-refractivity contribution in [3.63, 3.8) is 0 Å². The van der Waals surface area contributed by atoms with Crippen LogP contribution in [0.15, 0.2) is 24.3 Å². The normalized spacial score (nSPS) is 25.1. The minimum Gasteiger partial charge on any atom is -0.368 e. The summed E-state index contributed by atoms with van der Waals surface area (Å²) in [6.45, 7) is 3.29. The Morgan fingerprint density at radius 1 is 1.17 bits per heavy atom. The molecule has 0 radical (unpaired) electrons. The molecule has 1 aromatic carbocycles. The number of piperidine rings is 1. The van der Waals surface area contributed by atoms with Crippen LogP contribution in [0.4, 0.5) is 11.8 Å². The lowest BCUT2D eigenvalue weighted by molar-refractivity contribution is 0.196. The molecule has 1 aliphatic carbocycles. The molecule has 2 aromatic rings. The molecule has 5 heteroatoms. The largest absolute Gasteiger partial charge is 0.368 e. The Balaban J connectivity index is 1.61. The van der Waals surface area contributed by atoms with Crippen LogP contribution in [0.5, 0.6) is 0 Å². The zero-order valence-electron chi connectivity index (χ0n) is 13.8. The number of nitrogens with two attached hydrogens (primary N) is 1. The van der Waals surface area contributed by atoms with Gasteiger partial charge in [-0.2, -0.15) is 4.98 Å². The number of rotatable bonds is 1. The van der Waals surface area contributed by atoms with Crippen molar-refractivity contribution in [1.29, 1.82) is 0 Å². The molecular weight excluding hydrogens is 298 g/mol. The Bertz CT molecular complexity index is 787. The Morgan fingerprint density at radius 2 is 2.08 bits per heavy atom. The number of benzene rings is 1. The molecular formula is C19H23N5. The van der Waals surface area contributed by atoms with Gasteiger partial charge in [0.05, 0.1) is 5.69 Å². The maximum absolute atomic E-state index is 6.11. The van der Waals surface area contributed by atoms with E-state index in [1.165, 1.54) is 29.7 Å². The number of aromatic nitrogens is 2. The van der Waals surface area contributed by atoms with E-state index in [2.05, 4.69) is 44.5 Å². The van der Waals surface area contributed by atoms with Crippen LogP contribution in [0, 0.1) is 5.92 Å². The van der Waals surface area contributed by atoms with Crippen molar-refractivity contribution < 1.29 is 0 Å². The van der Waals surface area contributed by atoms with Crippen molar-refractivity contribution in [2.24, 2.45) is 5.92 Å². The third-order valence-electron chi connectivity index (χ3n) is 5.85. The summed E-state index contributed by atoms with van der Waals surface area (Å²) in [4.78, 5) is 11.7. The molecule has 0 saturated carbocycles. The molecule has 0 bridgehead atoms. The van der Waals surface area contributed by atoms with Gasteiger partial charge in [0.25, 0.3) is 0 Å². The summed E-state index contributed by atoms with van der Waals surface area (Å²) >= 11 is 0. The summed E-state index contributed by atoms with van der Waals surface area (Å²) in [5.74, 6) is 2.31. The number of aryl methyl sites for hydroxylation is 1. The van der Waals surface area contributed by atoms with Gasteiger partial charge in [-0.25, -0.2) is 4.98 Å². The fourth-order valence-corrected chi connectivity index (χ4v) is 4.44. The summed E-state index contributed by atoms with van der Waals surface area (Å²) in [6, 6.07) is 9.21. The van der Waals surface area contributed by atoms with E-state index >= 15 is 0 Å². The molecule has 2 saturated heterocycles. The van der Waals surface area contributed by atoms with E-state index in [0.29, 0.717) is 12.0 Å². The number of nitrogens with one attached hydrogen (secondary N) is 1. The molecule has 3 heterocycles. The van der Waals surface area contributed by atoms with Crippen molar-refractivity contribution in [3.05, 3.63) is 35.4 Å². The van der Waals surface area contributed by atoms with Crippen LogP contribution < -0.4 is 16.0 Å². The highest BCUT2D eigenvalue weighted by Crippen LogP contribution is 2.37. The molecule has 5 nitrogen and oxygen atoms in total. The second-order valence-corrected chi connectivity index (χ2v) is 7.25. The molecule has 3 N–H and O–H groups in total. The van der Waals surface area contributed by atoms with Gasteiger partial charge in [0, 0.05) is 30.3 Å². The summed E-state index contributed by atoms with van der Waals surface area (Å²) in [5.41, 5.74) is 11.1. The van der Waals surface area contributed by atoms with Crippen molar-refractivity contribution in [3.8, 4) is 11.3 Å². The monoisotopic (exact) mass is 321 g/mol. The van der Waals surface area contributed by atoms with E-state index in [0.717, 1.165) is 49.8 Å². The minimum atomic E-state index is 0.393. The molecule has 124 valence electrons. The van der Waals surface area contributed by atoms with Gasteiger partial charge < -0.3 is 16.0 Å². The molecule has 1 aromatic heterocycles. The number of nitrogens with zero attached hydrogens (tertiary/aromatic N) is 3. The molecule has 2 unspecified atom stereocenters. The van der Waals surface area contributed by atoms with E-state index in [1.807, 2.05) is 0 Å². The van der Waals surface area contributed by atoms with Crippen LogP contribution in [-0.2, 0) is 12.8 Å². The van der Waals surface area contributed by atoms with E-state index in [4.69, 9.17) is 5.73 Å². The topological polar surface area (TPSA) is 67.1 Å². The fourth-order valence-electron chi connectivity index (χ4n) is 4.44. The number of anilines is 2. The van der Waals surface area contributed by atoms with Gasteiger partial charge in [0.1, 0.15) is 5.82 Å². The zero-order chi connectivity index (χ0) is 16.1. The average Bonchev–Trinajstić information content (AvgIpc) is 2.75. The Labute approximate surface area is 142 Å². The average molecular weight is 321 g/mol. The summed E-state index contributed by atoms with van der Waals surface area (Å²) < 4.78 is 0. The van der Waals surface area contributed by atoms with Crippen molar-refractivity contribution in [2.45, 2.75) is 31.7 Å². The van der Waals surface area contributed by atoms with E-state index in [-0.39, 0.29) is 0 Å². The predicted molar refractivity (Wildman–Crippen MR) is 96.0 cm³/mol. The maximum Gasteiger partial charge on any atom is 0.222 e. The number of hydrogen-bond acceptors (Lipinski definition) is 5. The third kappa shape index (κ3) is 2.18. The van der Waals surface area contributed by atoms with Gasteiger partial charge in [0.15, 0.2) is 0 Å². The van der Waals surface area contributed by atoms with Crippen molar-refractivity contribution in [2.75, 3.05) is 30.3 Å². The second-order valence-electron chi connectivity index (χ2n) is 7.25. The molecule has 5 rings (SSSR count). The molecule has 2 aliphatic heterocycles. The van der Waals surface area contributed by atoms with Gasteiger partial charge in [-0.3, -0.25) is 0 Å². The molecule has 0 amide bonds. The SMILES string of the molecule is Nc1nc2c(c(N3CCC4CNC4C3)n1)CCCc1ccccc1-2. The van der Waals surface area contributed by atoms with Gasteiger partial charge in [-0.05, 0) is 43.7 Å². The maximum atomic E-state index is 6.11. The quantitative estimate of drug-likeness (QED) is 0.841. The van der Waals surface area contributed by atoms with E-state index in [1.54, 1.807) is 0 Å². The van der Waals surface area contributed by atoms with Crippen LogP contribution in [0.1, 0.15) is 24.0 Å². The van der Waals surface area contributed by atoms with Crippen LogP contribution in [0.2, 0.25) is 0 Å². The molecule has 24 heavy (non-hydrogen) atoms. The number of hydrogen-bond donors (Lipinski definition) is 2. The Morgan fingerprint density at radius 3 is 2.92 bits per heavy atom. The predicted octanol–water partition coefficient (Wildman–Crippen LogP) is 2.01. The van der Waals surface area contributed by atoms with Gasteiger partial charge in [-0.1, -0.05) is 24.3 Å². The molecule has 3 aliphatic rings. The summed E-state index contributed by atoms with van der Waals surface area (Å²) in [7, 11) is 0.